The Morgan fingerprint density at radius 3 is 2.36 bits per heavy atom. The number of benzene rings is 2. The first-order valence-electron chi connectivity index (χ1n) is 11.2. The van der Waals surface area contributed by atoms with Gasteiger partial charge in [-0.15, -0.1) is 0 Å². The fourth-order valence-corrected chi connectivity index (χ4v) is 5.96. The minimum atomic E-state index is -3.72. The van der Waals surface area contributed by atoms with Gasteiger partial charge in [0.25, 0.3) is 5.91 Å². The molecule has 1 N–H and O–H groups in total. The Hall–Kier alpha value is -2.91. The first-order chi connectivity index (χ1) is 15.9. The zero-order valence-electron chi connectivity index (χ0n) is 18.7. The van der Waals surface area contributed by atoms with Crippen molar-refractivity contribution in [1.29, 1.82) is 0 Å². The highest BCUT2D eigenvalue weighted by Crippen LogP contribution is 2.31. The van der Waals surface area contributed by atoms with Crippen molar-refractivity contribution in [2.45, 2.75) is 43.5 Å². The van der Waals surface area contributed by atoms with Crippen LogP contribution in [-0.2, 0) is 21.4 Å². The van der Waals surface area contributed by atoms with Crippen molar-refractivity contribution >= 4 is 27.5 Å². The number of hydrogen-bond acceptors (Lipinski definition) is 5. The van der Waals surface area contributed by atoms with Crippen molar-refractivity contribution in [2.75, 3.05) is 32.1 Å². The first-order valence-corrected chi connectivity index (χ1v) is 12.7. The van der Waals surface area contributed by atoms with Crippen molar-refractivity contribution in [2.24, 2.45) is 0 Å². The summed E-state index contributed by atoms with van der Waals surface area (Å²) < 4.78 is 33.1. The van der Waals surface area contributed by atoms with E-state index in [4.69, 9.17) is 4.74 Å². The number of nitrogens with one attached hydrogen (secondary N) is 1. The van der Waals surface area contributed by atoms with Gasteiger partial charge in [0.15, 0.2) is 0 Å². The number of likely N-dealkylation sites (tertiary alicyclic amines) is 1. The van der Waals surface area contributed by atoms with Crippen molar-refractivity contribution in [3.63, 3.8) is 0 Å². The van der Waals surface area contributed by atoms with Gasteiger partial charge in [0.2, 0.25) is 15.9 Å². The van der Waals surface area contributed by atoms with Gasteiger partial charge in [0.1, 0.15) is 10.6 Å². The molecule has 33 heavy (non-hydrogen) atoms. The van der Waals surface area contributed by atoms with Crippen LogP contribution in [0.3, 0.4) is 0 Å². The van der Waals surface area contributed by atoms with E-state index in [0.29, 0.717) is 37.3 Å². The molecule has 4 rings (SSSR count). The zero-order valence-corrected chi connectivity index (χ0v) is 19.6. The van der Waals surface area contributed by atoms with Crippen molar-refractivity contribution in [3.05, 3.63) is 53.6 Å². The molecule has 2 aromatic carbocycles. The van der Waals surface area contributed by atoms with Crippen LogP contribution in [0.15, 0.2) is 47.4 Å². The van der Waals surface area contributed by atoms with Crippen LogP contribution in [0.4, 0.5) is 5.69 Å². The molecule has 0 atom stereocenters. The summed E-state index contributed by atoms with van der Waals surface area (Å²) in [5.74, 6) is 0.0660. The van der Waals surface area contributed by atoms with Crippen LogP contribution in [-0.4, -0.2) is 56.2 Å². The van der Waals surface area contributed by atoms with Crippen molar-refractivity contribution in [3.8, 4) is 5.75 Å². The zero-order chi connectivity index (χ0) is 23.4. The molecule has 2 amide bonds. The Morgan fingerprint density at radius 2 is 1.73 bits per heavy atom. The van der Waals surface area contributed by atoms with E-state index in [1.807, 2.05) is 17.0 Å². The maximum absolute atomic E-state index is 13.2. The molecule has 8 nitrogen and oxygen atoms in total. The molecular weight excluding hydrogens is 442 g/mol. The van der Waals surface area contributed by atoms with Crippen LogP contribution >= 0.6 is 0 Å². The second kappa shape index (κ2) is 9.93. The van der Waals surface area contributed by atoms with E-state index < -0.39 is 10.0 Å². The van der Waals surface area contributed by atoms with Crippen LogP contribution in [0, 0.1) is 0 Å². The highest BCUT2D eigenvalue weighted by atomic mass is 32.2. The number of carbonyl (C=O) groups is 2. The molecule has 2 saturated heterocycles. The molecule has 2 aromatic rings. The van der Waals surface area contributed by atoms with E-state index in [9.17, 15) is 18.0 Å². The quantitative estimate of drug-likeness (QED) is 0.669. The fourth-order valence-electron chi connectivity index (χ4n) is 4.26. The lowest BCUT2D eigenvalue weighted by Crippen LogP contribution is -2.35. The predicted molar refractivity (Wildman–Crippen MR) is 125 cm³/mol. The normalized spacial score (nSPS) is 17.2. The van der Waals surface area contributed by atoms with Crippen molar-refractivity contribution < 1.29 is 22.7 Å². The Bertz CT molecular complexity index is 1130. The lowest BCUT2D eigenvalue weighted by molar-refractivity contribution is -0.128. The average molecular weight is 472 g/mol. The van der Waals surface area contributed by atoms with E-state index in [1.165, 1.54) is 17.5 Å². The van der Waals surface area contributed by atoms with Crippen molar-refractivity contribution in [1.82, 2.24) is 9.21 Å². The second-order valence-corrected chi connectivity index (χ2v) is 10.3. The Morgan fingerprint density at radius 1 is 1.00 bits per heavy atom. The first kappa shape index (κ1) is 23.3. The highest BCUT2D eigenvalue weighted by Gasteiger charge is 2.29. The molecule has 0 aliphatic carbocycles. The molecular formula is C24H29N3O5S. The molecule has 9 heteroatoms. The summed E-state index contributed by atoms with van der Waals surface area (Å²) in [4.78, 5) is 26.4. The number of carbonyl (C=O) groups excluding carboxylic acids is 2. The largest absolute Gasteiger partial charge is 0.495 e. The monoisotopic (exact) mass is 471 g/mol. The lowest BCUT2D eigenvalue weighted by Gasteiger charge is -2.26. The molecule has 0 aromatic heterocycles. The van der Waals surface area contributed by atoms with Gasteiger partial charge in [-0.3, -0.25) is 9.59 Å². The summed E-state index contributed by atoms with van der Waals surface area (Å²) in [5, 5.41) is 2.78. The van der Waals surface area contributed by atoms with Gasteiger partial charge in [0.05, 0.1) is 7.11 Å². The maximum atomic E-state index is 13.2. The maximum Gasteiger partial charge on any atom is 0.255 e. The molecule has 0 spiro atoms. The lowest BCUT2D eigenvalue weighted by atomic mass is 10.1. The highest BCUT2D eigenvalue weighted by molar-refractivity contribution is 7.89. The molecule has 0 radical (unpaired) electrons. The summed E-state index contributed by atoms with van der Waals surface area (Å²) in [6.45, 7) is 2.27. The summed E-state index contributed by atoms with van der Waals surface area (Å²) in [5.41, 5.74) is 1.78. The molecule has 2 aliphatic rings. The van der Waals surface area contributed by atoms with Gasteiger partial charge in [0, 0.05) is 43.9 Å². The SMILES string of the molecule is COc1ccc(NC(=O)c2ccc(CN3CCCC3=O)cc2)cc1S(=O)(=O)N1CCCCC1. The van der Waals surface area contributed by atoms with Crippen LogP contribution in [0.2, 0.25) is 0 Å². The number of anilines is 1. The number of methoxy groups -OCH3 is 1. The molecule has 176 valence electrons. The number of hydrogen-bond donors (Lipinski definition) is 1. The van der Waals surface area contributed by atoms with E-state index in [2.05, 4.69) is 5.32 Å². The summed E-state index contributed by atoms with van der Waals surface area (Å²) >= 11 is 0. The standard InChI is InChI=1S/C24H29N3O5S/c1-32-21-12-11-20(16-22(21)33(30,31)27-14-3-2-4-15-27)25-24(29)19-9-7-18(8-10-19)17-26-13-5-6-23(26)28/h7-12,16H,2-6,13-15,17H2,1H3,(H,25,29). The van der Waals surface area contributed by atoms with Gasteiger partial charge in [-0.2, -0.15) is 4.31 Å². The minimum Gasteiger partial charge on any atom is -0.495 e. The average Bonchev–Trinajstić information content (AvgIpc) is 3.24. The third-order valence-electron chi connectivity index (χ3n) is 6.12. The van der Waals surface area contributed by atoms with E-state index >= 15 is 0 Å². The van der Waals surface area contributed by atoms with Gasteiger partial charge in [-0.05, 0) is 55.2 Å². The topological polar surface area (TPSA) is 96.0 Å². The number of rotatable bonds is 7. The summed E-state index contributed by atoms with van der Waals surface area (Å²) in [7, 11) is -2.29. The third-order valence-corrected chi connectivity index (χ3v) is 8.04. The summed E-state index contributed by atoms with van der Waals surface area (Å²) in [6, 6.07) is 11.7. The molecule has 2 aliphatic heterocycles. The number of ether oxygens (including phenoxy) is 1. The smallest absolute Gasteiger partial charge is 0.255 e. The molecule has 0 bridgehead atoms. The number of amides is 2. The van der Waals surface area contributed by atoms with E-state index in [-0.39, 0.29) is 22.5 Å². The van der Waals surface area contributed by atoms with E-state index in [1.54, 1.807) is 24.3 Å². The number of nitrogens with zero attached hydrogens (tertiary/aromatic N) is 2. The third kappa shape index (κ3) is 5.20. The predicted octanol–water partition coefficient (Wildman–Crippen LogP) is 3.24. The molecule has 0 saturated carbocycles. The van der Waals surface area contributed by atoms with E-state index in [0.717, 1.165) is 37.8 Å². The second-order valence-electron chi connectivity index (χ2n) is 8.40. The number of piperidine rings is 1. The molecule has 2 heterocycles. The van der Waals surface area contributed by atoms with Gasteiger partial charge < -0.3 is 15.0 Å². The van der Waals surface area contributed by atoms with Crippen LogP contribution in [0.5, 0.6) is 5.75 Å². The van der Waals surface area contributed by atoms with Gasteiger partial charge in [-0.25, -0.2) is 8.42 Å². The Kier molecular flexibility index (Phi) is 6.99. The minimum absolute atomic E-state index is 0.0512. The number of sulfonamides is 1. The molecule has 0 unspecified atom stereocenters. The van der Waals surface area contributed by atoms with Crippen LogP contribution < -0.4 is 10.1 Å². The fraction of sp³-hybridized carbons (Fsp3) is 0.417. The van der Waals surface area contributed by atoms with Crippen LogP contribution in [0.1, 0.15) is 48.0 Å². The molecule has 2 fully saturated rings. The van der Waals surface area contributed by atoms with Gasteiger partial charge in [-0.1, -0.05) is 18.6 Å². The van der Waals surface area contributed by atoms with Gasteiger partial charge >= 0.3 is 0 Å². The van der Waals surface area contributed by atoms with Crippen LogP contribution in [0.25, 0.3) is 0 Å². The Labute approximate surface area is 194 Å². The summed E-state index contributed by atoms with van der Waals surface area (Å²) in [6.07, 6.45) is 4.17. The Balaban J connectivity index is 1.48.